The third-order valence-electron chi connectivity index (χ3n) is 1.23. The van der Waals surface area contributed by atoms with Crippen LogP contribution >= 0.6 is 21.6 Å². The first-order valence-electron chi connectivity index (χ1n) is 2.12. The summed E-state index contributed by atoms with van der Waals surface area (Å²) in [6, 6.07) is 0. The van der Waals surface area contributed by atoms with Crippen LogP contribution in [0, 0.1) is 0 Å². The highest BCUT2D eigenvalue weighted by molar-refractivity contribution is 8.94. The molecular weight excluding hydrogens is 146 g/mol. The smallest absolute Gasteiger partial charge is 0.216 e. The number of rotatable bonds is 0. The minimum absolute atomic E-state index is 0.134. The molecule has 2 aliphatic rings. The van der Waals surface area contributed by atoms with E-state index in [4.69, 9.17) is 5.21 Å². The van der Waals surface area contributed by atoms with Crippen molar-refractivity contribution in [3.8, 4) is 0 Å². The quantitative estimate of drug-likeness (QED) is 0.396. The molecule has 2 rings (SSSR count). The van der Waals surface area contributed by atoms with Gasteiger partial charge in [0.15, 0.2) is 5.78 Å². The Balaban J connectivity index is 2.22. The Morgan fingerprint density at radius 1 is 1.75 bits per heavy atom. The van der Waals surface area contributed by atoms with E-state index >= 15 is 0 Å². The fourth-order valence-corrected chi connectivity index (χ4v) is 2.62. The normalized spacial score (nSPS) is 32.9. The molecular formula is C3H3NO2S2. The average molecular weight is 149 g/mol. The van der Waals surface area contributed by atoms with Gasteiger partial charge in [0.05, 0.1) is 6.54 Å². The molecule has 0 unspecified atom stereocenters. The molecule has 0 saturated carbocycles. The number of nitrogens with zero attached hydrogens (tertiary/aromatic N) is 1. The second-order valence-corrected chi connectivity index (χ2v) is 4.50. The molecule has 0 atom stereocenters. The number of carbonyl (C=O) groups is 1. The van der Waals surface area contributed by atoms with Gasteiger partial charge in [0.1, 0.15) is 0 Å². The Bertz CT molecular complexity index is 155. The summed E-state index contributed by atoms with van der Waals surface area (Å²) in [7, 11) is 2.83. The predicted octanol–water partition coefficient (Wildman–Crippen LogP) is 0.309. The van der Waals surface area contributed by atoms with Crippen LogP contribution in [-0.2, 0) is 4.79 Å². The van der Waals surface area contributed by atoms with E-state index in [1.807, 2.05) is 0 Å². The maximum Gasteiger partial charge on any atom is 0.216 e. The van der Waals surface area contributed by atoms with Crippen LogP contribution < -0.4 is 0 Å². The Kier molecular flexibility index (Phi) is 0.787. The minimum atomic E-state index is -0.528. The number of Topliss-reactive ketones (excluding diaryl/α,β-unsaturated/α-hetero) is 1. The van der Waals surface area contributed by atoms with Gasteiger partial charge in [-0.2, -0.15) is 0 Å². The maximum absolute atomic E-state index is 10.6. The molecule has 0 aliphatic carbocycles. The van der Waals surface area contributed by atoms with Gasteiger partial charge in [0.2, 0.25) is 4.20 Å². The Hall–Kier alpha value is 0.290. The van der Waals surface area contributed by atoms with Crippen molar-refractivity contribution in [2.24, 2.45) is 0 Å². The second kappa shape index (κ2) is 1.23. The van der Waals surface area contributed by atoms with Crippen molar-refractivity contribution in [2.45, 2.75) is 4.20 Å². The van der Waals surface area contributed by atoms with Crippen molar-refractivity contribution < 1.29 is 10.0 Å². The lowest BCUT2D eigenvalue weighted by Crippen LogP contribution is -2.55. The first kappa shape index (κ1) is 5.10. The fraction of sp³-hybridized carbons (Fsp3) is 0.667. The summed E-state index contributed by atoms with van der Waals surface area (Å²) < 4.78 is -0.528. The molecule has 1 spiro atoms. The lowest BCUT2D eigenvalue weighted by atomic mass is 10.2. The third-order valence-corrected chi connectivity index (χ3v) is 4.03. The van der Waals surface area contributed by atoms with Gasteiger partial charge in [-0.05, 0) is 21.6 Å². The van der Waals surface area contributed by atoms with E-state index in [2.05, 4.69) is 0 Å². The van der Waals surface area contributed by atoms with Crippen LogP contribution in [0.25, 0.3) is 0 Å². The Morgan fingerprint density at radius 3 is 2.50 bits per heavy atom. The van der Waals surface area contributed by atoms with Crippen LogP contribution in [0.4, 0.5) is 0 Å². The van der Waals surface area contributed by atoms with E-state index in [0.29, 0.717) is 0 Å². The molecule has 44 valence electrons. The van der Waals surface area contributed by atoms with Crippen molar-refractivity contribution in [1.29, 1.82) is 0 Å². The molecule has 2 fully saturated rings. The summed E-state index contributed by atoms with van der Waals surface area (Å²) in [5, 5.41) is 9.85. The number of hydrogen-bond acceptors (Lipinski definition) is 5. The molecule has 8 heavy (non-hydrogen) atoms. The van der Waals surface area contributed by atoms with Crippen molar-refractivity contribution in [2.75, 3.05) is 6.54 Å². The van der Waals surface area contributed by atoms with Crippen LogP contribution in [0.1, 0.15) is 0 Å². The van der Waals surface area contributed by atoms with Gasteiger partial charge >= 0.3 is 0 Å². The summed E-state index contributed by atoms with van der Waals surface area (Å²) in [6.45, 7) is 0.208. The van der Waals surface area contributed by atoms with Gasteiger partial charge in [-0.3, -0.25) is 4.79 Å². The van der Waals surface area contributed by atoms with E-state index in [1.54, 1.807) is 0 Å². The first-order chi connectivity index (χ1) is 3.76. The van der Waals surface area contributed by atoms with E-state index in [0.717, 1.165) is 5.06 Å². The number of ketones is 1. The molecule has 0 aromatic heterocycles. The highest BCUT2D eigenvalue weighted by Gasteiger charge is 2.65. The van der Waals surface area contributed by atoms with Crippen molar-refractivity contribution in [1.82, 2.24) is 5.06 Å². The number of hydrogen-bond donors (Lipinski definition) is 1. The van der Waals surface area contributed by atoms with E-state index in [-0.39, 0.29) is 12.3 Å². The summed E-state index contributed by atoms with van der Waals surface area (Å²) >= 11 is 0. The van der Waals surface area contributed by atoms with Gasteiger partial charge in [-0.25, -0.2) is 0 Å². The largest absolute Gasteiger partial charge is 0.311 e. The molecule has 1 N–H and O–H groups in total. The van der Waals surface area contributed by atoms with E-state index in [1.165, 1.54) is 21.6 Å². The van der Waals surface area contributed by atoms with Crippen LogP contribution in [-0.4, -0.2) is 26.8 Å². The zero-order chi connectivity index (χ0) is 5.78. The van der Waals surface area contributed by atoms with Crippen LogP contribution in [0.2, 0.25) is 0 Å². The molecule has 2 aliphatic heterocycles. The van der Waals surface area contributed by atoms with Crippen LogP contribution in [0.5, 0.6) is 0 Å². The standard InChI is InChI=1S/C3H3NO2S2/c5-2-1-4(6)3(2)7-8-3/h6H,1H2. The molecule has 2 saturated heterocycles. The zero-order valence-electron chi connectivity index (χ0n) is 3.83. The van der Waals surface area contributed by atoms with Gasteiger partial charge < -0.3 is 5.21 Å². The molecule has 3 nitrogen and oxygen atoms in total. The molecule has 0 amide bonds. The first-order valence-corrected chi connectivity index (χ1v) is 4.27. The molecule has 5 heteroatoms. The lowest BCUT2D eigenvalue weighted by Gasteiger charge is -2.29. The summed E-state index contributed by atoms with van der Waals surface area (Å²) in [4.78, 5) is 10.6. The number of hydroxylamine groups is 2. The van der Waals surface area contributed by atoms with E-state index in [9.17, 15) is 4.79 Å². The monoisotopic (exact) mass is 149 g/mol. The lowest BCUT2D eigenvalue weighted by molar-refractivity contribution is -0.177. The van der Waals surface area contributed by atoms with E-state index < -0.39 is 4.20 Å². The molecule has 0 aromatic rings. The topological polar surface area (TPSA) is 40.5 Å². The molecule has 0 bridgehead atoms. The van der Waals surface area contributed by atoms with Crippen LogP contribution in [0.15, 0.2) is 0 Å². The molecule has 0 radical (unpaired) electrons. The highest BCUT2D eigenvalue weighted by atomic mass is 33.2. The zero-order valence-corrected chi connectivity index (χ0v) is 5.46. The van der Waals surface area contributed by atoms with Gasteiger partial charge in [-0.1, -0.05) is 0 Å². The van der Waals surface area contributed by atoms with Crippen molar-refractivity contribution in [3.63, 3.8) is 0 Å². The maximum atomic E-state index is 10.6. The molecule has 0 aromatic carbocycles. The number of carbonyl (C=O) groups excluding carboxylic acids is 1. The van der Waals surface area contributed by atoms with Gasteiger partial charge in [0.25, 0.3) is 0 Å². The Labute approximate surface area is 53.8 Å². The average Bonchev–Trinajstić information content (AvgIpc) is 2.44. The summed E-state index contributed by atoms with van der Waals surface area (Å²) in [6.07, 6.45) is 0. The third kappa shape index (κ3) is 0.388. The molecule has 2 heterocycles. The minimum Gasteiger partial charge on any atom is -0.311 e. The highest BCUT2D eigenvalue weighted by Crippen LogP contribution is 2.69. The summed E-state index contributed by atoms with van der Waals surface area (Å²) in [5.41, 5.74) is 0. The van der Waals surface area contributed by atoms with Crippen molar-refractivity contribution in [3.05, 3.63) is 0 Å². The van der Waals surface area contributed by atoms with Crippen molar-refractivity contribution >= 4 is 27.4 Å². The van der Waals surface area contributed by atoms with Crippen LogP contribution in [0.3, 0.4) is 0 Å². The summed E-state index contributed by atoms with van der Waals surface area (Å²) in [5.74, 6) is 0.134. The second-order valence-electron chi connectivity index (χ2n) is 1.73. The van der Waals surface area contributed by atoms with Gasteiger partial charge in [0, 0.05) is 0 Å². The predicted molar refractivity (Wildman–Crippen MR) is 31.4 cm³/mol. The fourth-order valence-electron chi connectivity index (χ4n) is 0.611. The van der Waals surface area contributed by atoms with Gasteiger partial charge in [-0.15, -0.1) is 5.06 Å². The SMILES string of the molecule is O=C1CN(O)C12SS2. The Morgan fingerprint density at radius 2 is 2.38 bits per heavy atom.